The fraction of sp³-hybridized carbons (Fsp3) is 0.189. The summed E-state index contributed by atoms with van der Waals surface area (Å²) < 4.78 is 0. The van der Waals surface area contributed by atoms with Crippen LogP contribution in [0, 0.1) is 0 Å². The summed E-state index contributed by atoms with van der Waals surface area (Å²) in [6.07, 6.45) is 0. The van der Waals surface area contributed by atoms with E-state index < -0.39 is 0 Å². The minimum atomic E-state index is -0.150. The summed E-state index contributed by atoms with van der Waals surface area (Å²) in [7, 11) is 0. The fourth-order valence-corrected chi connectivity index (χ4v) is 6.11. The van der Waals surface area contributed by atoms with Crippen molar-refractivity contribution in [2.75, 3.05) is 4.90 Å². The number of anilines is 2. The summed E-state index contributed by atoms with van der Waals surface area (Å²) in [5.41, 5.74) is 12.7. The average Bonchev–Trinajstić information content (AvgIpc) is 3.15. The van der Waals surface area contributed by atoms with Gasteiger partial charge in [0.15, 0.2) is 0 Å². The summed E-state index contributed by atoms with van der Waals surface area (Å²) >= 11 is 0. The summed E-state index contributed by atoms with van der Waals surface area (Å²) in [5, 5.41) is 0. The van der Waals surface area contributed by atoms with Crippen molar-refractivity contribution in [3.05, 3.63) is 132 Å². The SMILES string of the molecule is CC1(C)c2ccccc2-c2ccc(N(c3cc(-c4ccccc4)ccc3-c3ccccc3)C(C)(C)C)cc21. The van der Waals surface area contributed by atoms with Gasteiger partial charge in [0.05, 0.1) is 5.69 Å². The molecule has 5 aromatic rings. The second kappa shape index (κ2) is 9.03. The van der Waals surface area contributed by atoms with E-state index in [1.54, 1.807) is 0 Å². The van der Waals surface area contributed by atoms with Gasteiger partial charge in [-0.1, -0.05) is 117 Å². The van der Waals surface area contributed by atoms with E-state index in [4.69, 9.17) is 0 Å². The van der Waals surface area contributed by atoms with E-state index in [1.807, 2.05) is 0 Å². The van der Waals surface area contributed by atoms with Gasteiger partial charge in [-0.05, 0) is 77.9 Å². The highest BCUT2D eigenvalue weighted by molar-refractivity contribution is 5.89. The Morgan fingerprint density at radius 3 is 1.76 bits per heavy atom. The topological polar surface area (TPSA) is 3.24 Å². The van der Waals surface area contributed by atoms with Crippen molar-refractivity contribution in [3.8, 4) is 33.4 Å². The Labute approximate surface area is 227 Å². The van der Waals surface area contributed by atoms with Crippen LogP contribution in [-0.2, 0) is 5.41 Å². The zero-order valence-electron chi connectivity index (χ0n) is 23.0. The molecule has 1 aliphatic carbocycles. The molecule has 0 amide bonds. The monoisotopic (exact) mass is 493 g/mol. The first kappa shape index (κ1) is 24.2. The predicted molar refractivity (Wildman–Crippen MR) is 163 cm³/mol. The molecule has 0 bridgehead atoms. The highest BCUT2D eigenvalue weighted by Gasteiger charge is 2.36. The molecule has 0 aliphatic heterocycles. The Bertz CT molecular complexity index is 1600. The van der Waals surface area contributed by atoms with Crippen LogP contribution in [0.2, 0.25) is 0 Å². The number of rotatable bonds is 4. The maximum Gasteiger partial charge on any atom is 0.0501 e. The highest BCUT2D eigenvalue weighted by atomic mass is 15.2. The molecule has 0 atom stereocenters. The zero-order valence-corrected chi connectivity index (χ0v) is 23.0. The first-order valence-electron chi connectivity index (χ1n) is 13.5. The van der Waals surface area contributed by atoms with Gasteiger partial charge in [-0.2, -0.15) is 0 Å². The van der Waals surface area contributed by atoms with Gasteiger partial charge < -0.3 is 4.90 Å². The van der Waals surface area contributed by atoms with E-state index in [9.17, 15) is 0 Å². The van der Waals surface area contributed by atoms with Gasteiger partial charge in [0, 0.05) is 22.2 Å². The Morgan fingerprint density at radius 2 is 1.08 bits per heavy atom. The van der Waals surface area contributed by atoms with Crippen LogP contribution >= 0.6 is 0 Å². The summed E-state index contributed by atoms with van der Waals surface area (Å²) in [6, 6.07) is 44.3. The van der Waals surface area contributed by atoms with Crippen LogP contribution in [0.25, 0.3) is 33.4 Å². The Hall–Kier alpha value is -4.10. The van der Waals surface area contributed by atoms with Gasteiger partial charge in [0.25, 0.3) is 0 Å². The van der Waals surface area contributed by atoms with Crippen LogP contribution in [-0.4, -0.2) is 5.54 Å². The van der Waals surface area contributed by atoms with Gasteiger partial charge in [-0.15, -0.1) is 0 Å². The highest BCUT2D eigenvalue weighted by Crippen LogP contribution is 2.51. The Kier molecular flexibility index (Phi) is 5.76. The van der Waals surface area contributed by atoms with Crippen molar-refractivity contribution in [2.45, 2.75) is 45.6 Å². The van der Waals surface area contributed by atoms with E-state index in [1.165, 1.54) is 55.9 Å². The van der Waals surface area contributed by atoms with Gasteiger partial charge >= 0.3 is 0 Å². The van der Waals surface area contributed by atoms with Crippen molar-refractivity contribution < 1.29 is 0 Å². The van der Waals surface area contributed by atoms with E-state index in [2.05, 4.69) is 161 Å². The third kappa shape index (κ3) is 4.03. The molecule has 38 heavy (non-hydrogen) atoms. The van der Waals surface area contributed by atoms with Crippen LogP contribution in [0.3, 0.4) is 0 Å². The minimum absolute atomic E-state index is 0.0420. The third-order valence-corrected chi connectivity index (χ3v) is 7.93. The lowest BCUT2D eigenvalue weighted by molar-refractivity contribution is 0.560. The van der Waals surface area contributed by atoms with Crippen LogP contribution in [0.4, 0.5) is 11.4 Å². The molecule has 188 valence electrons. The minimum Gasteiger partial charge on any atom is -0.336 e. The smallest absolute Gasteiger partial charge is 0.0501 e. The predicted octanol–water partition coefficient (Wildman–Crippen LogP) is 10.3. The quantitative estimate of drug-likeness (QED) is 0.241. The van der Waals surface area contributed by atoms with Gasteiger partial charge in [-0.3, -0.25) is 0 Å². The molecule has 1 nitrogen and oxygen atoms in total. The molecule has 0 saturated heterocycles. The lowest BCUT2D eigenvalue weighted by atomic mass is 9.82. The summed E-state index contributed by atoms with van der Waals surface area (Å²) in [4.78, 5) is 2.53. The maximum atomic E-state index is 2.53. The normalized spacial score (nSPS) is 13.6. The zero-order chi connectivity index (χ0) is 26.5. The van der Waals surface area contributed by atoms with Crippen molar-refractivity contribution in [3.63, 3.8) is 0 Å². The second-order valence-corrected chi connectivity index (χ2v) is 11.9. The van der Waals surface area contributed by atoms with Crippen molar-refractivity contribution in [2.24, 2.45) is 0 Å². The molecule has 0 unspecified atom stereocenters. The molecule has 0 heterocycles. The van der Waals surface area contributed by atoms with Crippen LogP contribution < -0.4 is 4.90 Å². The number of nitrogens with zero attached hydrogens (tertiary/aromatic N) is 1. The number of hydrogen-bond acceptors (Lipinski definition) is 1. The molecule has 5 aromatic carbocycles. The van der Waals surface area contributed by atoms with E-state index in [-0.39, 0.29) is 11.0 Å². The lowest BCUT2D eigenvalue weighted by Crippen LogP contribution is -2.38. The molecule has 0 radical (unpaired) electrons. The van der Waals surface area contributed by atoms with Crippen molar-refractivity contribution in [1.82, 2.24) is 0 Å². The maximum absolute atomic E-state index is 2.53. The molecular weight excluding hydrogens is 458 g/mol. The lowest BCUT2D eigenvalue weighted by Gasteiger charge is -2.40. The number of benzene rings is 5. The Balaban J connectivity index is 1.58. The third-order valence-electron chi connectivity index (χ3n) is 7.93. The standard InChI is InChI=1S/C37H35N/c1-36(2,3)38(29-21-23-32-31-18-12-13-19-33(31)37(4,5)34(32)25-29)35-24-28(26-14-8-6-9-15-26)20-22-30(35)27-16-10-7-11-17-27/h6-25H,1-5H3. The molecule has 0 N–H and O–H groups in total. The number of hydrogen-bond donors (Lipinski definition) is 0. The summed E-state index contributed by atoms with van der Waals surface area (Å²) in [6.45, 7) is 11.6. The molecular formula is C37H35N. The van der Waals surface area contributed by atoms with Gasteiger partial charge in [-0.25, -0.2) is 0 Å². The molecule has 0 fully saturated rings. The van der Waals surface area contributed by atoms with Gasteiger partial charge in [0.2, 0.25) is 0 Å². The molecule has 0 aromatic heterocycles. The molecule has 1 heteroatoms. The second-order valence-electron chi connectivity index (χ2n) is 11.9. The summed E-state index contributed by atoms with van der Waals surface area (Å²) in [5.74, 6) is 0. The van der Waals surface area contributed by atoms with Crippen molar-refractivity contribution in [1.29, 1.82) is 0 Å². The average molecular weight is 494 g/mol. The molecule has 6 rings (SSSR count). The fourth-order valence-electron chi connectivity index (χ4n) is 6.11. The number of fused-ring (bicyclic) bond motifs is 3. The molecule has 0 saturated carbocycles. The molecule has 0 spiro atoms. The van der Waals surface area contributed by atoms with Crippen LogP contribution in [0.5, 0.6) is 0 Å². The Morgan fingerprint density at radius 1 is 0.500 bits per heavy atom. The van der Waals surface area contributed by atoms with Crippen LogP contribution in [0.1, 0.15) is 45.7 Å². The van der Waals surface area contributed by atoms with E-state index in [0.29, 0.717) is 0 Å². The van der Waals surface area contributed by atoms with Gasteiger partial charge in [0.1, 0.15) is 0 Å². The molecule has 1 aliphatic rings. The largest absolute Gasteiger partial charge is 0.336 e. The van der Waals surface area contributed by atoms with E-state index in [0.717, 1.165) is 0 Å². The first-order chi connectivity index (χ1) is 18.2. The van der Waals surface area contributed by atoms with E-state index >= 15 is 0 Å². The van der Waals surface area contributed by atoms with Crippen molar-refractivity contribution >= 4 is 11.4 Å². The first-order valence-corrected chi connectivity index (χ1v) is 13.5. The van der Waals surface area contributed by atoms with Crippen LogP contribution in [0.15, 0.2) is 121 Å².